The van der Waals surface area contributed by atoms with E-state index in [4.69, 9.17) is 0 Å². The summed E-state index contributed by atoms with van der Waals surface area (Å²) in [6, 6.07) is 16.5. The van der Waals surface area contributed by atoms with Gasteiger partial charge in [0.2, 0.25) is 5.13 Å². The smallest absolute Gasteiger partial charge is 0.278 e. The van der Waals surface area contributed by atoms with Gasteiger partial charge in [-0.15, -0.1) is 10.2 Å². The molecule has 9 heteroatoms. The van der Waals surface area contributed by atoms with Gasteiger partial charge in [0.05, 0.1) is 11.9 Å². The quantitative estimate of drug-likeness (QED) is 0.376. The van der Waals surface area contributed by atoms with Crippen LogP contribution in [0.4, 0.5) is 5.13 Å². The molecule has 0 unspecified atom stereocenters. The molecule has 0 radical (unpaired) electrons. The molecule has 4 aromatic rings. The fourth-order valence-corrected chi connectivity index (χ4v) is 4.51. The van der Waals surface area contributed by atoms with E-state index in [0.717, 1.165) is 15.7 Å². The minimum Gasteiger partial charge on any atom is -0.295 e. The zero-order valence-corrected chi connectivity index (χ0v) is 17.2. The molecule has 1 N–H and O–H groups in total. The van der Waals surface area contributed by atoms with E-state index in [0.29, 0.717) is 15.9 Å². The number of nitrogens with zero attached hydrogens (tertiary/aromatic N) is 4. The van der Waals surface area contributed by atoms with Gasteiger partial charge in [-0.1, -0.05) is 78.6 Å². The highest BCUT2D eigenvalue weighted by molar-refractivity contribution is 8.01. The van der Waals surface area contributed by atoms with Crippen LogP contribution in [0, 0.1) is 0 Å². The molecule has 0 saturated heterocycles. The molecule has 0 fully saturated rings. The fourth-order valence-electron chi connectivity index (χ4n) is 2.86. The summed E-state index contributed by atoms with van der Waals surface area (Å²) in [7, 11) is 0. The van der Waals surface area contributed by atoms with Crippen molar-refractivity contribution in [3.8, 4) is 0 Å². The second-order valence-electron chi connectivity index (χ2n) is 6.10. The van der Waals surface area contributed by atoms with Gasteiger partial charge in [-0.3, -0.25) is 14.9 Å². The maximum Gasteiger partial charge on any atom is 0.278 e. The molecule has 0 aliphatic heterocycles. The van der Waals surface area contributed by atoms with E-state index in [1.807, 2.05) is 37.3 Å². The first-order valence-corrected chi connectivity index (χ1v) is 10.8. The van der Waals surface area contributed by atoms with Gasteiger partial charge in [-0.25, -0.2) is 4.68 Å². The van der Waals surface area contributed by atoms with Crippen molar-refractivity contribution >= 4 is 44.9 Å². The van der Waals surface area contributed by atoms with Crippen molar-refractivity contribution in [2.75, 3.05) is 11.1 Å². The van der Waals surface area contributed by atoms with Crippen LogP contribution in [0.5, 0.6) is 0 Å². The summed E-state index contributed by atoms with van der Waals surface area (Å²) in [5.74, 6) is 0.450. The van der Waals surface area contributed by atoms with Crippen LogP contribution in [0.1, 0.15) is 23.0 Å². The standard InChI is InChI=1S/C20H17N5O2S2/c1-2-28-20-23-22-19(29-20)21-17(26)16-14-10-6-7-11-15(14)18(27)25(24-16)12-13-8-4-3-5-9-13/h3-11H,2,12H2,1H3,(H,21,22,26). The van der Waals surface area contributed by atoms with Crippen molar-refractivity contribution < 1.29 is 4.79 Å². The second kappa shape index (κ2) is 8.54. The lowest BCUT2D eigenvalue weighted by atomic mass is 10.1. The summed E-state index contributed by atoms with van der Waals surface area (Å²) >= 11 is 2.87. The number of nitrogens with one attached hydrogen (secondary N) is 1. The number of hydrogen-bond donors (Lipinski definition) is 1. The van der Waals surface area contributed by atoms with E-state index < -0.39 is 5.91 Å². The number of amides is 1. The van der Waals surface area contributed by atoms with Gasteiger partial charge in [0.1, 0.15) is 0 Å². The van der Waals surface area contributed by atoms with Crippen LogP contribution in [-0.4, -0.2) is 31.6 Å². The highest BCUT2D eigenvalue weighted by Gasteiger charge is 2.18. The van der Waals surface area contributed by atoms with Gasteiger partial charge >= 0.3 is 0 Å². The highest BCUT2D eigenvalue weighted by atomic mass is 32.2. The lowest BCUT2D eigenvalue weighted by Gasteiger charge is -2.10. The van der Waals surface area contributed by atoms with Gasteiger partial charge in [0, 0.05) is 5.39 Å². The van der Waals surface area contributed by atoms with Crippen molar-refractivity contribution in [2.24, 2.45) is 0 Å². The predicted molar refractivity (Wildman–Crippen MR) is 116 cm³/mol. The van der Waals surface area contributed by atoms with E-state index in [9.17, 15) is 9.59 Å². The molecule has 29 heavy (non-hydrogen) atoms. The summed E-state index contributed by atoms with van der Waals surface area (Å²) < 4.78 is 2.11. The minimum absolute atomic E-state index is 0.177. The van der Waals surface area contributed by atoms with Gasteiger partial charge in [0.15, 0.2) is 10.0 Å². The Labute approximate surface area is 174 Å². The first kappa shape index (κ1) is 19.3. The highest BCUT2D eigenvalue weighted by Crippen LogP contribution is 2.25. The zero-order chi connectivity index (χ0) is 20.2. The Morgan fingerprint density at radius 1 is 1.07 bits per heavy atom. The number of carbonyl (C=O) groups excluding carboxylic acids is 1. The zero-order valence-electron chi connectivity index (χ0n) is 15.5. The van der Waals surface area contributed by atoms with Crippen LogP contribution in [0.3, 0.4) is 0 Å². The number of thioether (sulfide) groups is 1. The Balaban J connectivity index is 1.73. The van der Waals surface area contributed by atoms with Gasteiger partial charge in [-0.05, 0) is 17.4 Å². The third-order valence-electron chi connectivity index (χ3n) is 4.15. The van der Waals surface area contributed by atoms with Crippen molar-refractivity contribution in [2.45, 2.75) is 17.8 Å². The largest absolute Gasteiger partial charge is 0.295 e. The third kappa shape index (κ3) is 4.20. The summed E-state index contributed by atoms with van der Waals surface area (Å²) in [5.41, 5.74) is 0.865. The first-order valence-electron chi connectivity index (χ1n) is 8.97. The summed E-state index contributed by atoms with van der Waals surface area (Å²) in [6.07, 6.45) is 0. The topological polar surface area (TPSA) is 89.8 Å². The molecule has 4 rings (SSSR count). The minimum atomic E-state index is -0.424. The number of benzene rings is 2. The van der Waals surface area contributed by atoms with Crippen molar-refractivity contribution in [1.82, 2.24) is 20.0 Å². The lowest BCUT2D eigenvalue weighted by Crippen LogP contribution is -2.28. The van der Waals surface area contributed by atoms with Crippen LogP contribution in [0.25, 0.3) is 10.8 Å². The van der Waals surface area contributed by atoms with Crippen molar-refractivity contribution in [3.05, 3.63) is 76.2 Å². The molecule has 146 valence electrons. The molecule has 1 amide bonds. The van der Waals surface area contributed by atoms with Crippen LogP contribution in [0.15, 0.2) is 63.7 Å². The molecule has 2 heterocycles. The summed E-state index contributed by atoms with van der Waals surface area (Å²) in [5, 5.41) is 16.5. The van der Waals surface area contributed by atoms with Crippen molar-refractivity contribution in [1.29, 1.82) is 0 Å². The molecule has 0 saturated carbocycles. The second-order valence-corrected chi connectivity index (χ2v) is 8.59. The SMILES string of the molecule is CCSc1nnc(NC(=O)c2nn(Cc3ccccc3)c(=O)c3ccccc23)s1. The average molecular weight is 424 g/mol. The van der Waals surface area contributed by atoms with Gasteiger partial charge < -0.3 is 0 Å². The lowest BCUT2D eigenvalue weighted by molar-refractivity contribution is 0.102. The summed E-state index contributed by atoms with van der Waals surface area (Å²) in [6.45, 7) is 2.30. The molecule has 7 nitrogen and oxygen atoms in total. The molecular weight excluding hydrogens is 406 g/mol. The number of rotatable bonds is 6. The van der Waals surface area contributed by atoms with E-state index >= 15 is 0 Å². The molecule has 0 spiro atoms. The predicted octanol–water partition coefficient (Wildman–Crippen LogP) is 3.66. The van der Waals surface area contributed by atoms with Crippen LogP contribution < -0.4 is 10.9 Å². The molecule has 0 aliphatic carbocycles. The Kier molecular flexibility index (Phi) is 5.68. The van der Waals surface area contributed by atoms with E-state index in [1.165, 1.54) is 16.0 Å². The molecule has 0 aliphatic rings. The van der Waals surface area contributed by atoms with Crippen LogP contribution >= 0.6 is 23.1 Å². The average Bonchev–Trinajstić information content (AvgIpc) is 3.18. The third-order valence-corrected chi connectivity index (χ3v) is 6.01. The summed E-state index contributed by atoms with van der Waals surface area (Å²) in [4.78, 5) is 25.8. The maximum absolute atomic E-state index is 13.0. The normalized spacial score (nSPS) is 10.9. The Morgan fingerprint density at radius 3 is 2.55 bits per heavy atom. The molecule has 0 bridgehead atoms. The maximum atomic E-state index is 13.0. The number of aromatic nitrogens is 4. The molecular formula is C20H17N5O2S2. The number of hydrogen-bond acceptors (Lipinski definition) is 7. The number of anilines is 1. The Hall–Kier alpha value is -3.04. The monoisotopic (exact) mass is 423 g/mol. The first-order chi connectivity index (χ1) is 14.2. The van der Waals surface area contributed by atoms with Crippen molar-refractivity contribution in [3.63, 3.8) is 0 Å². The number of fused-ring (bicyclic) bond motifs is 1. The van der Waals surface area contributed by atoms with Gasteiger partial charge in [-0.2, -0.15) is 5.10 Å². The van der Waals surface area contributed by atoms with Gasteiger partial charge in [0.25, 0.3) is 11.5 Å². The molecule has 0 atom stereocenters. The molecule has 2 aromatic heterocycles. The van der Waals surface area contributed by atoms with E-state index in [-0.39, 0.29) is 17.8 Å². The fraction of sp³-hybridized carbons (Fsp3) is 0.150. The Morgan fingerprint density at radius 2 is 1.79 bits per heavy atom. The van der Waals surface area contributed by atoms with Crippen LogP contribution in [-0.2, 0) is 6.54 Å². The molecule has 2 aromatic carbocycles. The Bertz CT molecular complexity index is 1220. The van der Waals surface area contributed by atoms with E-state index in [1.54, 1.807) is 36.0 Å². The number of carbonyl (C=O) groups is 1. The van der Waals surface area contributed by atoms with Crippen LogP contribution in [0.2, 0.25) is 0 Å². The van der Waals surface area contributed by atoms with E-state index in [2.05, 4.69) is 20.6 Å².